The van der Waals surface area contributed by atoms with Crippen molar-refractivity contribution in [2.45, 2.75) is 12.8 Å². The van der Waals surface area contributed by atoms with E-state index in [2.05, 4.69) is 16.8 Å². The van der Waals surface area contributed by atoms with Crippen molar-refractivity contribution in [3.8, 4) is 17.6 Å². The summed E-state index contributed by atoms with van der Waals surface area (Å²) in [6.07, 6.45) is 4.91. The van der Waals surface area contributed by atoms with E-state index in [4.69, 9.17) is 14.6 Å². The van der Waals surface area contributed by atoms with Crippen molar-refractivity contribution in [2.24, 2.45) is 5.92 Å². The molecule has 4 nitrogen and oxygen atoms in total. The number of aliphatic hydroxyl groups is 1. The van der Waals surface area contributed by atoms with Gasteiger partial charge in [-0.2, -0.15) is 0 Å². The summed E-state index contributed by atoms with van der Waals surface area (Å²) in [6, 6.07) is 1.87. The first-order valence-electron chi connectivity index (χ1n) is 6.14. The number of aliphatic hydroxyl groups excluding tert-OH is 1. The van der Waals surface area contributed by atoms with Crippen LogP contribution in [0.2, 0.25) is 0 Å². The molecule has 1 aromatic heterocycles. The fourth-order valence-electron chi connectivity index (χ4n) is 1.72. The van der Waals surface area contributed by atoms with E-state index in [9.17, 15) is 0 Å². The van der Waals surface area contributed by atoms with Crippen molar-refractivity contribution >= 4 is 0 Å². The summed E-state index contributed by atoms with van der Waals surface area (Å²) in [7, 11) is 0. The molecule has 0 aliphatic carbocycles. The lowest BCUT2D eigenvalue weighted by atomic mass is 10.1. The number of nitrogens with zero attached hydrogens (tertiary/aromatic N) is 1. The van der Waals surface area contributed by atoms with Gasteiger partial charge in [-0.1, -0.05) is 11.8 Å². The highest BCUT2D eigenvalue weighted by Gasteiger charge is 2.16. The summed E-state index contributed by atoms with van der Waals surface area (Å²) in [6.45, 7) is 2.36. The van der Waals surface area contributed by atoms with Crippen LogP contribution in [0.25, 0.3) is 0 Å². The van der Waals surface area contributed by atoms with Crippen LogP contribution in [-0.2, 0) is 4.74 Å². The first-order valence-corrected chi connectivity index (χ1v) is 6.14. The largest absolute Gasteiger partial charge is 0.492 e. The predicted molar refractivity (Wildman–Crippen MR) is 67.2 cm³/mol. The number of hydrogen-bond acceptors (Lipinski definition) is 4. The molecule has 2 rings (SSSR count). The molecule has 1 aliphatic heterocycles. The average molecular weight is 247 g/mol. The Bertz CT molecular complexity index is 430. The summed E-state index contributed by atoms with van der Waals surface area (Å²) < 4.78 is 11.0. The van der Waals surface area contributed by atoms with Crippen molar-refractivity contribution in [1.82, 2.24) is 4.98 Å². The van der Waals surface area contributed by atoms with E-state index in [0.717, 1.165) is 30.9 Å². The summed E-state index contributed by atoms with van der Waals surface area (Å²) in [4.78, 5) is 4.09. The SMILES string of the molecule is OCCC#Cc1cncc(OCC2CCOC2)c1. The van der Waals surface area contributed by atoms with Crippen LogP contribution < -0.4 is 4.74 Å². The average Bonchev–Trinajstić information content (AvgIpc) is 2.90. The Morgan fingerprint density at radius 2 is 2.44 bits per heavy atom. The van der Waals surface area contributed by atoms with Crippen molar-refractivity contribution < 1.29 is 14.6 Å². The van der Waals surface area contributed by atoms with Gasteiger partial charge in [-0.25, -0.2) is 0 Å². The zero-order valence-electron chi connectivity index (χ0n) is 10.3. The van der Waals surface area contributed by atoms with Crippen LogP contribution in [0.3, 0.4) is 0 Å². The molecule has 1 fully saturated rings. The predicted octanol–water partition coefficient (Wildman–Crippen LogP) is 1.23. The molecule has 18 heavy (non-hydrogen) atoms. The van der Waals surface area contributed by atoms with E-state index in [0.29, 0.717) is 18.9 Å². The number of ether oxygens (including phenoxy) is 2. The van der Waals surface area contributed by atoms with E-state index >= 15 is 0 Å². The number of rotatable bonds is 4. The van der Waals surface area contributed by atoms with Crippen LogP contribution >= 0.6 is 0 Å². The second kappa shape index (κ2) is 7.00. The molecule has 0 amide bonds. The van der Waals surface area contributed by atoms with Gasteiger partial charge in [-0.05, 0) is 12.5 Å². The van der Waals surface area contributed by atoms with Crippen molar-refractivity contribution in [3.05, 3.63) is 24.0 Å². The molecule has 0 aromatic carbocycles. The fourth-order valence-corrected chi connectivity index (χ4v) is 1.72. The van der Waals surface area contributed by atoms with Crippen LogP contribution in [0.4, 0.5) is 0 Å². The molecule has 1 unspecified atom stereocenters. The summed E-state index contributed by atoms with van der Waals surface area (Å²) in [5, 5.41) is 8.65. The van der Waals surface area contributed by atoms with Crippen molar-refractivity contribution in [1.29, 1.82) is 0 Å². The van der Waals surface area contributed by atoms with Gasteiger partial charge in [0.25, 0.3) is 0 Å². The molecule has 96 valence electrons. The highest BCUT2D eigenvalue weighted by molar-refractivity contribution is 5.36. The molecule has 1 aromatic rings. The van der Waals surface area contributed by atoms with Gasteiger partial charge >= 0.3 is 0 Å². The minimum Gasteiger partial charge on any atom is -0.492 e. The second-order valence-corrected chi connectivity index (χ2v) is 4.23. The molecular formula is C14H17NO3. The Balaban J connectivity index is 1.88. The molecule has 4 heteroatoms. The van der Waals surface area contributed by atoms with E-state index in [1.165, 1.54) is 0 Å². The third kappa shape index (κ3) is 4.02. The minimum atomic E-state index is 0.0816. The monoisotopic (exact) mass is 247 g/mol. The van der Waals surface area contributed by atoms with Gasteiger partial charge in [-0.3, -0.25) is 4.98 Å². The Morgan fingerprint density at radius 3 is 3.22 bits per heavy atom. The first-order chi connectivity index (χ1) is 8.88. The van der Waals surface area contributed by atoms with Gasteiger partial charge in [0.2, 0.25) is 0 Å². The topological polar surface area (TPSA) is 51.6 Å². The highest BCUT2D eigenvalue weighted by atomic mass is 16.5. The number of pyridine rings is 1. The van der Waals surface area contributed by atoms with E-state index in [-0.39, 0.29) is 6.61 Å². The summed E-state index contributed by atoms with van der Waals surface area (Å²) in [5.41, 5.74) is 0.809. The molecule has 2 heterocycles. The normalized spacial score (nSPS) is 18.2. The van der Waals surface area contributed by atoms with Gasteiger partial charge in [0, 0.05) is 30.7 Å². The first kappa shape index (κ1) is 12.9. The van der Waals surface area contributed by atoms with Crippen LogP contribution in [0.1, 0.15) is 18.4 Å². The smallest absolute Gasteiger partial charge is 0.138 e. The van der Waals surface area contributed by atoms with Crippen LogP contribution in [0, 0.1) is 17.8 Å². The lowest BCUT2D eigenvalue weighted by molar-refractivity contribution is 0.167. The van der Waals surface area contributed by atoms with Gasteiger partial charge < -0.3 is 14.6 Å². The summed E-state index contributed by atoms with van der Waals surface area (Å²) in [5.74, 6) is 7.01. The lowest BCUT2D eigenvalue weighted by Crippen LogP contribution is -2.11. The zero-order chi connectivity index (χ0) is 12.6. The third-order valence-electron chi connectivity index (χ3n) is 2.69. The number of aromatic nitrogens is 1. The number of hydrogen-bond donors (Lipinski definition) is 1. The van der Waals surface area contributed by atoms with E-state index < -0.39 is 0 Å². The molecule has 1 aliphatic rings. The van der Waals surface area contributed by atoms with Crippen LogP contribution in [0.15, 0.2) is 18.5 Å². The zero-order valence-corrected chi connectivity index (χ0v) is 10.3. The van der Waals surface area contributed by atoms with Crippen molar-refractivity contribution in [2.75, 3.05) is 26.4 Å². The lowest BCUT2D eigenvalue weighted by Gasteiger charge is -2.09. The third-order valence-corrected chi connectivity index (χ3v) is 2.69. The van der Waals surface area contributed by atoms with Crippen molar-refractivity contribution in [3.63, 3.8) is 0 Å². The molecule has 0 bridgehead atoms. The van der Waals surface area contributed by atoms with Crippen LogP contribution in [-0.4, -0.2) is 36.5 Å². The standard InChI is InChI=1S/C14H17NO3/c16-5-2-1-3-12-7-14(9-15-8-12)18-11-13-4-6-17-10-13/h7-9,13,16H,2,4-6,10-11H2. The van der Waals surface area contributed by atoms with Gasteiger partial charge in [0.15, 0.2) is 0 Å². The molecule has 1 saturated heterocycles. The van der Waals surface area contributed by atoms with E-state index in [1.807, 2.05) is 6.07 Å². The van der Waals surface area contributed by atoms with Crippen LogP contribution in [0.5, 0.6) is 5.75 Å². The van der Waals surface area contributed by atoms with Gasteiger partial charge in [0.1, 0.15) is 5.75 Å². The second-order valence-electron chi connectivity index (χ2n) is 4.23. The molecule has 1 N–H and O–H groups in total. The minimum absolute atomic E-state index is 0.0816. The molecule has 0 spiro atoms. The maximum Gasteiger partial charge on any atom is 0.138 e. The Morgan fingerprint density at radius 1 is 1.50 bits per heavy atom. The molecule has 1 atom stereocenters. The fraction of sp³-hybridized carbons (Fsp3) is 0.500. The van der Waals surface area contributed by atoms with Gasteiger partial charge in [-0.15, -0.1) is 0 Å². The van der Waals surface area contributed by atoms with E-state index in [1.54, 1.807) is 12.4 Å². The Hall–Kier alpha value is -1.57. The maximum absolute atomic E-state index is 8.65. The molecule has 0 saturated carbocycles. The molecular weight excluding hydrogens is 230 g/mol. The Labute approximate surface area is 107 Å². The molecule has 0 radical (unpaired) electrons. The highest BCUT2D eigenvalue weighted by Crippen LogP contribution is 2.16. The summed E-state index contributed by atoms with van der Waals surface area (Å²) >= 11 is 0. The Kier molecular flexibility index (Phi) is 5.00. The quantitative estimate of drug-likeness (QED) is 0.813. The maximum atomic E-state index is 8.65. The van der Waals surface area contributed by atoms with Gasteiger partial charge in [0.05, 0.1) is 26.0 Å².